The highest BCUT2D eigenvalue weighted by atomic mass is 32.2. The average Bonchev–Trinajstić information content (AvgIpc) is 3.15. The van der Waals surface area contributed by atoms with Crippen molar-refractivity contribution < 1.29 is 9.59 Å². The van der Waals surface area contributed by atoms with E-state index in [0.29, 0.717) is 9.75 Å². The maximum Gasteiger partial charge on any atom is 0.160 e. The van der Waals surface area contributed by atoms with Gasteiger partial charge >= 0.3 is 0 Å². The van der Waals surface area contributed by atoms with Crippen molar-refractivity contribution in [2.45, 2.75) is 8.42 Å². The first-order chi connectivity index (χ1) is 10.8. The molecule has 3 aromatic rings. The van der Waals surface area contributed by atoms with Crippen LogP contribution in [0.15, 0.2) is 50.9 Å². The fourth-order valence-electron chi connectivity index (χ4n) is 2.41. The molecule has 6 heteroatoms. The van der Waals surface area contributed by atoms with Crippen molar-refractivity contribution in [3.8, 4) is 0 Å². The fraction of sp³-hybridized carbons (Fsp3) is 0. The highest BCUT2D eigenvalue weighted by Gasteiger charge is 2.29. The number of hydrogen-bond donors (Lipinski definition) is 0. The lowest BCUT2D eigenvalue weighted by Gasteiger charge is -2.28. The summed E-state index contributed by atoms with van der Waals surface area (Å²) >= 11 is 4.60. The van der Waals surface area contributed by atoms with Crippen molar-refractivity contribution in [2.24, 2.45) is 0 Å². The monoisotopic (exact) mass is 343 g/mol. The van der Waals surface area contributed by atoms with E-state index in [2.05, 4.69) is 4.90 Å². The molecule has 2 aromatic heterocycles. The average molecular weight is 343 g/mol. The third-order valence-corrected chi connectivity index (χ3v) is 6.79. The number of hydrogen-bond acceptors (Lipinski definition) is 6. The highest BCUT2D eigenvalue weighted by molar-refractivity contribution is 8.03. The van der Waals surface area contributed by atoms with E-state index in [0.717, 1.165) is 38.1 Å². The number of fused-ring (bicyclic) bond motifs is 2. The molecule has 108 valence electrons. The van der Waals surface area contributed by atoms with Crippen LogP contribution in [0.5, 0.6) is 0 Å². The Balaban J connectivity index is 1.95. The number of carbonyl (C=O) groups excluding carboxylic acids is 2. The summed E-state index contributed by atoms with van der Waals surface area (Å²) in [5, 5.41) is 0. The van der Waals surface area contributed by atoms with Gasteiger partial charge in [-0.25, -0.2) is 0 Å². The lowest BCUT2D eigenvalue weighted by atomic mass is 10.2. The number of nitrogens with zero attached hydrogens (tertiary/aromatic N) is 1. The molecule has 0 radical (unpaired) electrons. The lowest BCUT2D eigenvalue weighted by Crippen LogP contribution is -2.11. The van der Waals surface area contributed by atoms with Crippen LogP contribution < -0.4 is 4.90 Å². The summed E-state index contributed by atoms with van der Waals surface area (Å²) in [7, 11) is 0. The number of thiophene rings is 2. The second kappa shape index (κ2) is 5.39. The Morgan fingerprint density at radius 2 is 1.36 bits per heavy atom. The number of anilines is 3. The summed E-state index contributed by atoms with van der Waals surface area (Å²) in [5.41, 5.74) is 3.04. The molecule has 1 aliphatic rings. The van der Waals surface area contributed by atoms with E-state index < -0.39 is 0 Å². The number of benzene rings is 1. The molecule has 0 unspecified atom stereocenters. The van der Waals surface area contributed by atoms with Gasteiger partial charge in [-0.05, 0) is 24.3 Å². The van der Waals surface area contributed by atoms with E-state index in [9.17, 15) is 9.59 Å². The third-order valence-electron chi connectivity index (χ3n) is 3.31. The van der Waals surface area contributed by atoms with Gasteiger partial charge in [0.2, 0.25) is 0 Å². The molecule has 1 aliphatic heterocycles. The fourth-order valence-corrected chi connectivity index (χ4v) is 6.03. The number of rotatable bonds is 3. The first-order valence-corrected chi connectivity index (χ1v) is 8.96. The second-order valence-corrected chi connectivity index (χ2v) is 8.36. The molecule has 0 amide bonds. The second-order valence-electron chi connectivity index (χ2n) is 4.65. The van der Waals surface area contributed by atoms with E-state index in [1.54, 1.807) is 11.8 Å². The van der Waals surface area contributed by atoms with Crippen LogP contribution in [0.4, 0.5) is 17.1 Å². The molecule has 0 atom stereocenters. The van der Waals surface area contributed by atoms with Crippen molar-refractivity contribution in [3.63, 3.8) is 0 Å². The van der Waals surface area contributed by atoms with Crippen LogP contribution in [0.3, 0.4) is 0 Å². The quantitative estimate of drug-likeness (QED) is 0.469. The van der Waals surface area contributed by atoms with Crippen molar-refractivity contribution in [3.05, 3.63) is 52.2 Å². The molecule has 0 saturated heterocycles. The SMILES string of the molecule is O=Cc1cc2c(s1)Sc1sc(C=O)cc1N2c1ccccc1. The Hall–Kier alpha value is -1.89. The molecule has 3 nitrogen and oxygen atoms in total. The first-order valence-electron chi connectivity index (χ1n) is 6.51. The smallest absolute Gasteiger partial charge is 0.160 e. The molecule has 0 saturated carbocycles. The predicted molar refractivity (Wildman–Crippen MR) is 91.8 cm³/mol. The molecule has 22 heavy (non-hydrogen) atoms. The van der Waals surface area contributed by atoms with Gasteiger partial charge in [0, 0.05) is 5.69 Å². The van der Waals surface area contributed by atoms with Crippen molar-refractivity contribution in [2.75, 3.05) is 4.90 Å². The highest BCUT2D eigenvalue weighted by Crippen LogP contribution is 2.56. The minimum atomic E-state index is 0.712. The van der Waals surface area contributed by atoms with Crippen molar-refractivity contribution in [1.82, 2.24) is 0 Å². The van der Waals surface area contributed by atoms with Crippen LogP contribution in [0, 0.1) is 0 Å². The Morgan fingerprint density at radius 1 is 0.818 bits per heavy atom. The molecule has 4 rings (SSSR count). The number of aldehydes is 2. The Morgan fingerprint density at radius 3 is 1.86 bits per heavy atom. The zero-order chi connectivity index (χ0) is 15.1. The lowest BCUT2D eigenvalue weighted by molar-refractivity contribution is 0.111. The van der Waals surface area contributed by atoms with E-state index in [1.165, 1.54) is 22.7 Å². The molecule has 0 bridgehead atoms. The summed E-state index contributed by atoms with van der Waals surface area (Å²) in [5.74, 6) is 0. The van der Waals surface area contributed by atoms with E-state index in [-0.39, 0.29) is 0 Å². The van der Waals surface area contributed by atoms with Gasteiger partial charge < -0.3 is 4.90 Å². The minimum Gasteiger partial charge on any atom is -0.306 e. The Labute approximate surface area is 139 Å². The van der Waals surface area contributed by atoms with Gasteiger partial charge in [0.25, 0.3) is 0 Å². The van der Waals surface area contributed by atoms with Gasteiger partial charge in [-0.3, -0.25) is 9.59 Å². The molecular formula is C16H9NO2S3. The molecule has 0 spiro atoms. The molecule has 0 fully saturated rings. The molecular weight excluding hydrogens is 334 g/mol. The van der Waals surface area contributed by atoms with Crippen LogP contribution in [-0.2, 0) is 0 Å². The van der Waals surface area contributed by atoms with Gasteiger partial charge in [-0.1, -0.05) is 30.0 Å². The van der Waals surface area contributed by atoms with E-state index >= 15 is 0 Å². The third kappa shape index (κ3) is 2.11. The van der Waals surface area contributed by atoms with Crippen LogP contribution in [0.2, 0.25) is 0 Å². The maximum absolute atomic E-state index is 11.1. The van der Waals surface area contributed by atoms with Gasteiger partial charge in [0.1, 0.15) is 0 Å². The van der Waals surface area contributed by atoms with Crippen LogP contribution in [-0.4, -0.2) is 12.6 Å². The maximum atomic E-state index is 11.1. The molecule has 0 aliphatic carbocycles. The normalized spacial score (nSPS) is 12.6. The zero-order valence-corrected chi connectivity index (χ0v) is 13.6. The summed E-state index contributed by atoms with van der Waals surface area (Å²) in [6, 6.07) is 13.8. The predicted octanol–water partition coefficient (Wildman–Crippen LogP) is 5.37. The number of carbonyl (C=O) groups is 2. The zero-order valence-electron chi connectivity index (χ0n) is 11.2. The van der Waals surface area contributed by atoms with Crippen LogP contribution in [0.1, 0.15) is 19.3 Å². The van der Waals surface area contributed by atoms with Gasteiger partial charge in [0.15, 0.2) is 12.6 Å². The van der Waals surface area contributed by atoms with Crippen molar-refractivity contribution >= 4 is 64.1 Å². The topological polar surface area (TPSA) is 37.4 Å². The minimum absolute atomic E-state index is 0.712. The van der Waals surface area contributed by atoms with E-state index in [4.69, 9.17) is 0 Å². The Bertz CT molecular complexity index is 815. The number of para-hydroxylation sites is 1. The van der Waals surface area contributed by atoms with Crippen LogP contribution in [0.25, 0.3) is 0 Å². The molecule has 0 N–H and O–H groups in total. The summed E-state index contributed by atoms with van der Waals surface area (Å²) in [6.45, 7) is 0. The van der Waals surface area contributed by atoms with Crippen LogP contribution >= 0.6 is 34.4 Å². The molecule has 1 aromatic carbocycles. The standard InChI is InChI=1S/C16H9NO2S3/c18-8-11-6-13-15(20-11)22-16-14(7-12(9-19)21-16)17(13)10-4-2-1-3-5-10/h1-9H. The van der Waals surface area contributed by atoms with Gasteiger partial charge in [-0.15, -0.1) is 22.7 Å². The first kappa shape index (κ1) is 13.8. The summed E-state index contributed by atoms with van der Waals surface area (Å²) in [4.78, 5) is 25.8. The van der Waals surface area contributed by atoms with E-state index in [1.807, 2.05) is 42.5 Å². The van der Waals surface area contributed by atoms with Gasteiger partial charge in [-0.2, -0.15) is 0 Å². The summed E-state index contributed by atoms with van der Waals surface area (Å²) < 4.78 is 2.16. The molecule has 3 heterocycles. The van der Waals surface area contributed by atoms with Crippen molar-refractivity contribution in [1.29, 1.82) is 0 Å². The van der Waals surface area contributed by atoms with Gasteiger partial charge in [0.05, 0.1) is 29.5 Å². The summed E-state index contributed by atoms with van der Waals surface area (Å²) in [6.07, 6.45) is 1.77. The largest absolute Gasteiger partial charge is 0.306 e. The Kier molecular flexibility index (Phi) is 3.37.